The lowest BCUT2D eigenvalue weighted by Gasteiger charge is -2.18. The Morgan fingerprint density at radius 2 is 1.86 bits per heavy atom. The number of cyclic esters (lactones) is 1. The fourth-order valence-corrected chi connectivity index (χ4v) is 4.48. The molecule has 0 atom stereocenters. The number of aryl methyl sites for hydroxylation is 1. The number of esters is 1. The molecule has 2 heterocycles. The highest BCUT2D eigenvalue weighted by Gasteiger charge is 2.37. The summed E-state index contributed by atoms with van der Waals surface area (Å²) in [6.07, 6.45) is 13.8. The van der Waals surface area contributed by atoms with Gasteiger partial charge in [0.15, 0.2) is 0 Å². The third kappa shape index (κ3) is 11.4. The van der Waals surface area contributed by atoms with E-state index in [2.05, 4.69) is 44.5 Å². The summed E-state index contributed by atoms with van der Waals surface area (Å²) in [5.41, 5.74) is 3.47. The molecule has 0 bridgehead atoms. The van der Waals surface area contributed by atoms with Crippen LogP contribution in [-0.4, -0.2) is 54.5 Å². The minimum atomic E-state index is -0.647. The second kappa shape index (κ2) is 18.7. The second-order valence-corrected chi connectivity index (χ2v) is 11.0. The molecule has 3 N–H and O–H groups in total. The number of aromatic nitrogens is 2. The Balaban J connectivity index is 0.000000821. The van der Waals surface area contributed by atoms with Gasteiger partial charge < -0.3 is 24.9 Å². The van der Waals surface area contributed by atoms with E-state index >= 15 is 0 Å². The highest BCUT2D eigenvalue weighted by Crippen LogP contribution is 2.37. The highest BCUT2D eigenvalue weighted by molar-refractivity contribution is 6.09. The minimum absolute atomic E-state index is 0.274. The van der Waals surface area contributed by atoms with Gasteiger partial charge in [0.2, 0.25) is 5.89 Å². The highest BCUT2D eigenvalue weighted by atomic mass is 16.6. The summed E-state index contributed by atoms with van der Waals surface area (Å²) in [5.74, 6) is 1.17. The molecule has 0 saturated carbocycles. The van der Waals surface area contributed by atoms with Gasteiger partial charge in [-0.25, -0.2) is 9.79 Å². The SMILES string of the molecule is C/C=C(\C)CCO.C=N/C(NC)=C(\C=N/CNc1ccc2c(c1)C(C)(C)OC2=O)c1nnc(CCCCCCCCC)o1. The van der Waals surface area contributed by atoms with E-state index in [1.165, 1.54) is 37.7 Å². The van der Waals surface area contributed by atoms with Crippen molar-refractivity contribution in [2.24, 2.45) is 9.98 Å². The number of nitrogens with zero attached hydrogens (tertiary/aromatic N) is 4. The molecule has 2 aromatic rings. The maximum absolute atomic E-state index is 12.0. The molecule has 3 rings (SSSR count). The van der Waals surface area contributed by atoms with Crippen molar-refractivity contribution < 1.29 is 19.1 Å². The number of fused-ring (bicyclic) bond motifs is 1. The van der Waals surface area contributed by atoms with Crippen LogP contribution in [0.5, 0.6) is 0 Å². The lowest BCUT2D eigenvalue weighted by Crippen LogP contribution is -2.16. The molecule has 0 amide bonds. The van der Waals surface area contributed by atoms with E-state index in [0.717, 1.165) is 36.9 Å². The van der Waals surface area contributed by atoms with E-state index in [0.29, 0.717) is 35.4 Å². The van der Waals surface area contributed by atoms with Crippen LogP contribution >= 0.6 is 0 Å². The number of benzene rings is 1. The number of aliphatic imine (C=N–C) groups is 2. The van der Waals surface area contributed by atoms with Crippen LogP contribution in [0, 0.1) is 0 Å². The maximum atomic E-state index is 12.0. The van der Waals surface area contributed by atoms with Crippen molar-refractivity contribution in [3.05, 3.63) is 58.6 Å². The minimum Gasteiger partial charge on any atom is -0.451 e. The van der Waals surface area contributed by atoms with E-state index in [4.69, 9.17) is 14.3 Å². The van der Waals surface area contributed by atoms with Crippen molar-refractivity contribution in [1.82, 2.24) is 15.5 Å². The van der Waals surface area contributed by atoms with E-state index in [1.54, 1.807) is 19.3 Å². The summed E-state index contributed by atoms with van der Waals surface area (Å²) in [6.45, 7) is 14.2. The Morgan fingerprint density at radius 1 is 1.14 bits per heavy atom. The van der Waals surface area contributed by atoms with Crippen LogP contribution in [0.1, 0.15) is 114 Å². The number of unbranched alkanes of at least 4 members (excludes halogenated alkanes) is 6. The molecule has 0 radical (unpaired) electrons. The molecule has 0 fully saturated rings. The molecule has 0 unspecified atom stereocenters. The summed E-state index contributed by atoms with van der Waals surface area (Å²) in [7, 11) is 1.75. The third-order valence-electron chi connectivity index (χ3n) is 7.17. The van der Waals surface area contributed by atoms with Crippen LogP contribution in [0.15, 0.2) is 50.1 Å². The monoisotopic (exact) mass is 594 g/mol. The molecule has 1 aromatic heterocycles. The van der Waals surface area contributed by atoms with Crippen molar-refractivity contribution in [2.75, 3.05) is 25.6 Å². The molecule has 1 aromatic carbocycles. The van der Waals surface area contributed by atoms with Crippen LogP contribution in [0.2, 0.25) is 0 Å². The quantitative estimate of drug-likeness (QED) is 0.0785. The van der Waals surface area contributed by atoms with Crippen LogP contribution in [0.3, 0.4) is 0 Å². The number of anilines is 1. The van der Waals surface area contributed by atoms with Gasteiger partial charge in [-0.3, -0.25) is 4.99 Å². The number of allylic oxidation sites excluding steroid dienone is 2. The van der Waals surface area contributed by atoms with Crippen LogP contribution < -0.4 is 10.6 Å². The zero-order valence-corrected chi connectivity index (χ0v) is 26.8. The van der Waals surface area contributed by atoms with Gasteiger partial charge in [0.25, 0.3) is 5.89 Å². The van der Waals surface area contributed by atoms with Gasteiger partial charge in [0.1, 0.15) is 18.1 Å². The van der Waals surface area contributed by atoms with Gasteiger partial charge in [-0.2, -0.15) is 0 Å². The first-order valence-electron chi connectivity index (χ1n) is 15.3. The Morgan fingerprint density at radius 3 is 2.49 bits per heavy atom. The largest absolute Gasteiger partial charge is 0.451 e. The number of hydrogen-bond acceptors (Lipinski definition) is 10. The van der Waals surface area contributed by atoms with E-state index in [1.807, 2.05) is 45.9 Å². The summed E-state index contributed by atoms with van der Waals surface area (Å²) >= 11 is 0. The van der Waals surface area contributed by atoms with Gasteiger partial charge in [0, 0.05) is 37.5 Å². The lowest BCUT2D eigenvalue weighted by atomic mass is 9.95. The number of carbonyl (C=O) groups excluding carboxylic acids is 1. The van der Waals surface area contributed by atoms with Gasteiger partial charge in [0.05, 0.1) is 11.1 Å². The van der Waals surface area contributed by atoms with E-state index in [-0.39, 0.29) is 12.6 Å². The fraction of sp³-hybridized carbons (Fsp3) is 0.545. The molecular weight excluding hydrogens is 544 g/mol. The average molecular weight is 595 g/mol. The predicted molar refractivity (Wildman–Crippen MR) is 175 cm³/mol. The number of carbonyl (C=O) groups is 1. The second-order valence-electron chi connectivity index (χ2n) is 11.0. The Hall–Kier alpha value is -3.79. The average Bonchev–Trinajstić information content (AvgIpc) is 3.55. The number of rotatable bonds is 17. The van der Waals surface area contributed by atoms with Gasteiger partial charge in [-0.15, -0.1) is 10.2 Å². The normalized spacial score (nSPS) is 14.5. The Bertz CT molecular complexity index is 1260. The molecule has 0 aliphatic carbocycles. The van der Waals surface area contributed by atoms with Crippen LogP contribution in [-0.2, 0) is 16.8 Å². The first-order valence-corrected chi connectivity index (χ1v) is 15.3. The van der Waals surface area contributed by atoms with E-state index in [9.17, 15) is 4.79 Å². The molecule has 1 aliphatic heterocycles. The first kappa shape index (κ1) is 35.4. The number of nitrogens with one attached hydrogen (secondary N) is 2. The Kier molecular flexibility index (Phi) is 15.4. The standard InChI is InChI=1S/C27H38N6O3.C6H12O/c1-6-7-8-9-10-11-12-13-23-32-33-25(35-23)21(24(28-4)29-5)17-30-18-31-19-14-15-20-22(16-19)27(2,3)36-26(20)34;1-3-6(2)4-5-7/h14-17,29,31H,4,6-13,18H2,1-3,5H3;3,7H,4-5H2,1-2H3/b24-21-,30-17-;6-3+. The zero-order valence-electron chi connectivity index (χ0n) is 26.8. The van der Waals surface area contributed by atoms with Crippen LogP contribution in [0.4, 0.5) is 5.69 Å². The Labute approximate surface area is 256 Å². The molecule has 0 saturated heterocycles. The summed E-state index contributed by atoms with van der Waals surface area (Å²) in [6, 6.07) is 5.53. The smallest absolute Gasteiger partial charge is 0.339 e. The molecule has 0 spiro atoms. The zero-order chi connectivity index (χ0) is 31.7. The topological polar surface area (TPSA) is 134 Å². The molecule has 10 heteroatoms. The van der Waals surface area contributed by atoms with Gasteiger partial charge in [-0.05, 0) is 65.5 Å². The maximum Gasteiger partial charge on any atom is 0.339 e. The third-order valence-corrected chi connectivity index (χ3v) is 7.17. The van der Waals surface area contributed by atoms with Crippen LogP contribution in [0.25, 0.3) is 5.57 Å². The molecular formula is C33H50N6O4. The van der Waals surface area contributed by atoms with Crippen molar-refractivity contribution in [3.63, 3.8) is 0 Å². The van der Waals surface area contributed by atoms with Crippen molar-refractivity contribution in [2.45, 2.75) is 98.0 Å². The number of ether oxygens (including phenoxy) is 1. The molecule has 10 nitrogen and oxygen atoms in total. The van der Waals surface area contributed by atoms with Gasteiger partial charge >= 0.3 is 5.97 Å². The fourth-order valence-electron chi connectivity index (χ4n) is 4.48. The predicted octanol–water partition coefficient (Wildman–Crippen LogP) is 6.83. The summed E-state index contributed by atoms with van der Waals surface area (Å²) < 4.78 is 11.3. The number of aliphatic hydroxyl groups is 1. The van der Waals surface area contributed by atoms with Crippen molar-refractivity contribution in [3.8, 4) is 0 Å². The molecule has 236 valence electrons. The molecule has 43 heavy (non-hydrogen) atoms. The summed E-state index contributed by atoms with van der Waals surface area (Å²) in [5, 5.41) is 23.0. The number of aliphatic hydroxyl groups excluding tert-OH is 1. The molecule has 1 aliphatic rings. The summed E-state index contributed by atoms with van der Waals surface area (Å²) in [4.78, 5) is 20.5. The van der Waals surface area contributed by atoms with E-state index < -0.39 is 5.60 Å². The van der Waals surface area contributed by atoms with Crippen molar-refractivity contribution >= 4 is 30.2 Å². The number of hydrogen-bond donors (Lipinski definition) is 3. The van der Waals surface area contributed by atoms with Gasteiger partial charge in [-0.1, -0.05) is 57.1 Å². The first-order chi connectivity index (χ1) is 20.7. The van der Waals surface area contributed by atoms with Crippen molar-refractivity contribution in [1.29, 1.82) is 0 Å². The lowest BCUT2D eigenvalue weighted by molar-refractivity contribution is 0.00954.